The van der Waals surface area contributed by atoms with Crippen molar-refractivity contribution in [2.75, 3.05) is 18.6 Å². The maximum Gasteiger partial charge on any atom is 0.00978 e. The maximum atomic E-state index is 3.38. The van der Waals surface area contributed by atoms with Gasteiger partial charge in [0.15, 0.2) is 0 Å². The first-order valence-electron chi connectivity index (χ1n) is 4.13. The zero-order chi connectivity index (χ0) is 7.40. The van der Waals surface area contributed by atoms with Gasteiger partial charge in [-0.05, 0) is 37.3 Å². The van der Waals surface area contributed by atoms with Crippen LogP contribution in [-0.4, -0.2) is 24.6 Å². The Kier molecular flexibility index (Phi) is 3.57. The summed E-state index contributed by atoms with van der Waals surface area (Å²) in [6.07, 6.45) is 2.70. The minimum absolute atomic E-state index is 0.773. The average Bonchev–Trinajstić information content (AvgIpc) is 2.43. The molecule has 0 aromatic heterocycles. The third-order valence-corrected chi connectivity index (χ3v) is 3.53. The van der Waals surface area contributed by atoms with E-state index in [4.69, 9.17) is 0 Å². The fraction of sp³-hybridized carbons (Fsp3) is 1.00. The molecule has 0 aliphatic carbocycles. The third kappa shape index (κ3) is 1.89. The normalized spacial score (nSPS) is 28.8. The summed E-state index contributed by atoms with van der Waals surface area (Å²) in [5.41, 5.74) is 0. The molecule has 1 heterocycles. The summed E-state index contributed by atoms with van der Waals surface area (Å²) in [5.74, 6) is 3.70. The highest BCUT2D eigenvalue weighted by molar-refractivity contribution is 7.99. The lowest BCUT2D eigenvalue weighted by Crippen LogP contribution is -2.32. The molecule has 2 atom stereocenters. The summed E-state index contributed by atoms with van der Waals surface area (Å²) >= 11 is 2.10. The highest BCUT2D eigenvalue weighted by Crippen LogP contribution is 2.26. The van der Waals surface area contributed by atoms with Crippen molar-refractivity contribution in [2.45, 2.75) is 25.8 Å². The first-order valence-corrected chi connectivity index (χ1v) is 5.29. The maximum absolute atomic E-state index is 3.38. The molecule has 1 fully saturated rings. The van der Waals surface area contributed by atoms with Crippen LogP contribution in [-0.2, 0) is 0 Å². The molecule has 1 saturated heterocycles. The molecule has 0 aromatic rings. The molecule has 0 amide bonds. The number of thioether (sulfide) groups is 1. The topological polar surface area (TPSA) is 12.0 Å². The quantitative estimate of drug-likeness (QED) is 0.673. The molecule has 2 heteroatoms. The van der Waals surface area contributed by atoms with Gasteiger partial charge in [-0.1, -0.05) is 6.92 Å². The molecule has 0 aromatic carbocycles. The van der Waals surface area contributed by atoms with Gasteiger partial charge in [0.1, 0.15) is 0 Å². The Balaban J connectivity index is 2.29. The van der Waals surface area contributed by atoms with Gasteiger partial charge < -0.3 is 5.32 Å². The van der Waals surface area contributed by atoms with Crippen molar-refractivity contribution in [1.29, 1.82) is 0 Å². The zero-order valence-electron chi connectivity index (χ0n) is 6.89. The Morgan fingerprint density at radius 2 is 2.50 bits per heavy atom. The molecule has 10 heavy (non-hydrogen) atoms. The van der Waals surface area contributed by atoms with E-state index in [1.54, 1.807) is 0 Å². The van der Waals surface area contributed by atoms with Crippen molar-refractivity contribution in [3.8, 4) is 0 Å². The Morgan fingerprint density at radius 1 is 1.70 bits per heavy atom. The first-order chi connectivity index (χ1) is 4.88. The van der Waals surface area contributed by atoms with E-state index in [0.29, 0.717) is 0 Å². The number of hydrogen-bond acceptors (Lipinski definition) is 2. The molecule has 1 aliphatic rings. The lowest BCUT2D eigenvalue weighted by molar-refractivity contribution is 0.396. The van der Waals surface area contributed by atoms with Gasteiger partial charge in [-0.3, -0.25) is 0 Å². The molecule has 0 bridgehead atoms. The van der Waals surface area contributed by atoms with Crippen LogP contribution in [0, 0.1) is 5.92 Å². The van der Waals surface area contributed by atoms with Crippen LogP contribution in [0.15, 0.2) is 0 Å². The van der Waals surface area contributed by atoms with Gasteiger partial charge in [0.2, 0.25) is 0 Å². The Labute approximate surface area is 68.0 Å². The number of rotatable bonds is 3. The van der Waals surface area contributed by atoms with Crippen LogP contribution in [0.3, 0.4) is 0 Å². The van der Waals surface area contributed by atoms with Gasteiger partial charge in [-0.2, -0.15) is 11.8 Å². The highest BCUT2D eigenvalue weighted by atomic mass is 32.2. The second-order valence-corrected chi connectivity index (χ2v) is 4.08. The Hall–Kier alpha value is 0.310. The minimum atomic E-state index is 0.773. The molecular formula is C8H17NS. The van der Waals surface area contributed by atoms with Crippen LogP contribution in [0.4, 0.5) is 0 Å². The summed E-state index contributed by atoms with van der Waals surface area (Å²) in [5, 5.41) is 3.38. The monoisotopic (exact) mass is 159 g/mol. The predicted molar refractivity (Wildman–Crippen MR) is 48.6 cm³/mol. The van der Waals surface area contributed by atoms with Crippen LogP contribution in [0.2, 0.25) is 0 Å². The van der Waals surface area contributed by atoms with Gasteiger partial charge in [0.25, 0.3) is 0 Å². The van der Waals surface area contributed by atoms with E-state index in [2.05, 4.69) is 31.1 Å². The van der Waals surface area contributed by atoms with Gasteiger partial charge in [-0.25, -0.2) is 0 Å². The minimum Gasteiger partial charge on any atom is -0.317 e. The van der Waals surface area contributed by atoms with Crippen LogP contribution in [0.5, 0.6) is 0 Å². The largest absolute Gasteiger partial charge is 0.317 e. The number of hydrogen-bond donors (Lipinski definition) is 1. The molecule has 0 saturated carbocycles. The molecule has 0 spiro atoms. The highest BCUT2D eigenvalue weighted by Gasteiger charge is 2.22. The molecule has 1 rings (SSSR count). The molecule has 1 N–H and O–H groups in total. The van der Waals surface area contributed by atoms with E-state index in [-0.39, 0.29) is 0 Å². The van der Waals surface area contributed by atoms with E-state index in [0.717, 1.165) is 12.0 Å². The second-order valence-electron chi connectivity index (χ2n) is 2.93. The summed E-state index contributed by atoms with van der Waals surface area (Å²) in [4.78, 5) is 0. The third-order valence-electron chi connectivity index (χ3n) is 2.34. The fourth-order valence-corrected chi connectivity index (χ4v) is 2.98. The molecule has 1 nitrogen and oxygen atoms in total. The van der Waals surface area contributed by atoms with E-state index in [9.17, 15) is 0 Å². The van der Waals surface area contributed by atoms with Crippen LogP contribution < -0.4 is 5.32 Å². The van der Waals surface area contributed by atoms with Crippen LogP contribution in [0.25, 0.3) is 0 Å². The standard InChI is InChI=1S/C8H17NS/c1-3-8(9-2)7-4-5-10-6-7/h7-9H,3-6H2,1-2H3. The van der Waals surface area contributed by atoms with Crippen molar-refractivity contribution in [3.05, 3.63) is 0 Å². The SMILES string of the molecule is CCC(NC)C1CCSC1. The molecule has 60 valence electrons. The van der Waals surface area contributed by atoms with Gasteiger partial charge in [0, 0.05) is 6.04 Å². The van der Waals surface area contributed by atoms with E-state index in [1.807, 2.05) is 0 Å². The average molecular weight is 159 g/mol. The van der Waals surface area contributed by atoms with Crippen molar-refractivity contribution >= 4 is 11.8 Å². The summed E-state index contributed by atoms with van der Waals surface area (Å²) < 4.78 is 0. The van der Waals surface area contributed by atoms with E-state index < -0.39 is 0 Å². The molecule has 0 radical (unpaired) electrons. The molecule has 2 unspecified atom stereocenters. The Bertz CT molecular complexity index is 85.3. The summed E-state index contributed by atoms with van der Waals surface area (Å²) in [6, 6.07) is 0.773. The summed E-state index contributed by atoms with van der Waals surface area (Å²) in [6.45, 7) is 2.27. The van der Waals surface area contributed by atoms with Crippen LogP contribution in [0.1, 0.15) is 19.8 Å². The van der Waals surface area contributed by atoms with Gasteiger partial charge in [-0.15, -0.1) is 0 Å². The molecular weight excluding hydrogens is 142 g/mol. The fourth-order valence-electron chi connectivity index (χ4n) is 1.64. The van der Waals surface area contributed by atoms with E-state index in [1.165, 1.54) is 24.3 Å². The van der Waals surface area contributed by atoms with Crippen molar-refractivity contribution < 1.29 is 0 Å². The van der Waals surface area contributed by atoms with Crippen LogP contribution >= 0.6 is 11.8 Å². The smallest absolute Gasteiger partial charge is 0.00978 e. The first kappa shape index (κ1) is 8.41. The lowest BCUT2D eigenvalue weighted by Gasteiger charge is -2.19. The Morgan fingerprint density at radius 3 is 2.90 bits per heavy atom. The summed E-state index contributed by atoms with van der Waals surface area (Å²) in [7, 11) is 2.08. The van der Waals surface area contributed by atoms with Gasteiger partial charge >= 0.3 is 0 Å². The van der Waals surface area contributed by atoms with Crippen molar-refractivity contribution in [1.82, 2.24) is 5.32 Å². The second kappa shape index (κ2) is 4.24. The predicted octanol–water partition coefficient (Wildman–Crippen LogP) is 1.74. The molecule has 1 aliphatic heterocycles. The lowest BCUT2D eigenvalue weighted by atomic mass is 9.97. The van der Waals surface area contributed by atoms with E-state index >= 15 is 0 Å². The van der Waals surface area contributed by atoms with Crippen molar-refractivity contribution in [3.63, 3.8) is 0 Å². The zero-order valence-corrected chi connectivity index (χ0v) is 7.71. The van der Waals surface area contributed by atoms with Gasteiger partial charge in [0.05, 0.1) is 0 Å². The number of nitrogens with one attached hydrogen (secondary N) is 1. The van der Waals surface area contributed by atoms with Crippen molar-refractivity contribution in [2.24, 2.45) is 5.92 Å².